The molecule has 0 aromatic heterocycles. The zero-order chi connectivity index (χ0) is 21.2. The van der Waals surface area contributed by atoms with Crippen molar-refractivity contribution in [2.24, 2.45) is 0 Å². The third kappa shape index (κ3) is 4.83. The predicted octanol–water partition coefficient (Wildman–Crippen LogP) is 1.03. The Bertz CT molecular complexity index is 778. The lowest BCUT2D eigenvalue weighted by Crippen LogP contribution is -2.50. The predicted molar refractivity (Wildman–Crippen MR) is 110 cm³/mol. The minimum atomic E-state index is -3.30. The number of ether oxygens (including phenoxy) is 1. The summed E-state index contributed by atoms with van der Waals surface area (Å²) < 4.78 is 30.6. The first kappa shape index (κ1) is 22.2. The van der Waals surface area contributed by atoms with E-state index >= 15 is 0 Å². The molecule has 0 atom stereocenters. The van der Waals surface area contributed by atoms with E-state index in [2.05, 4.69) is 17.3 Å². The SMILES string of the molecule is CC1=C(C(=O)NCCN(C)C2CCCCC2)C2(CCN(S(C)(=O)=O)CC2)OC1=O. The summed E-state index contributed by atoms with van der Waals surface area (Å²) in [4.78, 5) is 27.5. The zero-order valence-corrected chi connectivity index (χ0v) is 18.5. The second-order valence-electron chi connectivity index (χ2n) is 8.57. The molecule has 2 aliphatic heterocycles. The van der Waals surface area contributed by atoms with Gasteiger partial charge in [-0.2, -0.15) is 0 Å². The van der Waals surface area contributed by atoms with E-state index in [-0.39, 0.29) is 19.0 Å². The Labute approximate surface area is 173 Å². The Hall–Kier alpha value is -1.45. The number of sulfonamides is 1. The molecule has 0 aromatic rings. The molecule has 9 heteroatoms. The van der Waals surface area contributed by atoms with Crippen LogP contribution >= 0.6 is 0 Å². The minimum Gasteiger partial charge on any atom is -0.450 e. The molecule has 2 heterocycles. The number of hydrogen-bond donors (Lipinski definition) is 1. The normalized spacial score (nSPS) is 23.7. The first-order chi connectivity index (χ1) is 13.6. The van der Waals surface area contributed by atoms with E-state index in [1.807, 2.05) is 0 Å². The van der Waals surface area contributed by atoms with Crippen molar-refractivity contribution < 1.29 is 22.7 Å². The Balaban J connectivity index is 1.61. The van der Waals surface area contributed by atoms with Crippen molar-refractivity contribution in [3.05, 3.63) is 11.1 Å². The van der Waals surface area contributed by atoms with Crippen LogP contribution in [0.15, 0.2) is 11.1 Å². The van der Waals surface area contributed by atoms with Crippen molar-refractivity contribution in [2.45, 2.75) is 63.5 Å². The van der Waals surface area contributed by atoms with Gasteiger partial charge in [0.05, 0.1) is 11.8 Å². The molecule has 1 saturated heterocycles. The molecular formula is C20H33N3O5S. The summed E-state index contributed by atoms with van der Waals surface area (Å²) >= 11 is 0. The monoisotopic (exact) mass is 427 g/mol. The lowest BCUT2D eigenvalue weighted by atomic mass is 9.83. The molecule has 1 aliphatic carbocycles. The van der Waals surface area contributed by atoms with Crippen LogP contribution in [0.1, 0.15) is 51.9 Å². The molecule has 0 radical (unpaired) electrons. The van der Waals surface area contributed by atoms with Gasteiger partial charge in [-0.05, 0) is 26.8 Å². The molecule has 1 amide bonds. The minimum absolute atomic E-state index is 0.237. The smallest absolute Gasteiger partial charge is 0.335 e. The number of piperidine rings is 1. The highest BCUT2D eigenvalue weighted by atomic mass is 32.2. The van der Waals surface area contributed by atoms with Crippen molar-refractivity contribution >= 4 is 21.9 Å². The van der Waals surface area contributed by atoms with Crippen LogP contribution in [0, 0.1) is 0 Å². The van der Waals surface area contributed by atoms with Crippen molar-refractivity contribution in [3.8, 4) is 0 Å². The maximum atomic E-state index is 13.0. The van der Waals surface area contributed by atoms with E-state index in [0.717, 1.165) is 6.54 Å². The van der Waals surface area contributed by atoms with Gasteiger partial charge in [-0.1, -0.05) is 19.3 Å². The van der Waals surface area contributed by atoms with Gasteiger partial charge in [0.1, 0.15) is 5.60 Å². The summed E-state index contributed by atoms with van der Waals surface area (Å²) in [6, 6.07) is 0.574. The van der Waals surface area contributed by atoms with Crippen LogP contribution < -0.4 is 5.32 Å². The molecule has 2 fully saturated rings. The van der Waals surface area contributed by atoms with E-state index in [1.54, 1.807) is 6.92 Å². The summed E-state index contributed by atoms with van der Waals surface area (Å²) in [5, 5.41) is 2.96. The molecule has 1 N–H and O–H groups in total. The van der Waals surface area contributed by atoms with Crippen molar-refractivity contribution in [3.63, 3.8) is 0 Å². The second-order valence-corrected chi connectivity index (χ2v) is 10.6. The van der Waals surface area contributed by atoms with Gasteiger partial charge in [0, 0.05) is 50.6 Å². The van der Waals surface area contributed by atoms with E-state index in [4.69, 9.17) is 4.74 Å². The highest BCUT2D eigenvalue weighted by Crippen LogP contribution is 2.41. The van der Waals surface area contributed by atoms with Crippen molar-refractivity contribution in [2.75, 3.05) is 39.5 Å². The quantitative estimate of drug-likeness (QED) is 0.636. The summed E-state index contributed by atoms with van der Waals surface area (Å²) in [5.74, 6) is -0.763. The van der Waals surface area contributed by atoms with Crippen LogP contribution in [0.5, 0.6) is 0 Å². The van der Waals surface area contributed by atoms with Crippen molar-refractivity contribution in [1.29, 1.82) is 0 Å². The molecule has 3 aliphatic rings. The van der Waals surface area contributed by atoms with Gasteiger partial charge >= 0.3 is 5.97 Å². The summed E-state index contributed by atoms with van der Waals surface area (Å²) in [5.41, 5.74) is -0.311. The van der Waals surface area contributed by atoms with Crippen LogP contribution in [-0.2, 0) is 24.3 Å². The van der Waals surface area contributed by atoms with E-state index in [1.165, 1.54) is 42.7 Å². The maximum Gasteiger partial charge on any atom is 0.335 e. The lowest BCUT2D eigenvalue weighted by molar-refractivity contribution is -0.150. The number of hydrogen-bond acceptors (Lipinski definition) is 6. The van der Waals surface area contributed by atoms with E-state index in [0.29, 0.717) is 36.6 Å². The fourth-order valence-electron chi connectivity index (χ4n) is 4.80. The first-order valence-corrected chi connectivity index (χ1v) is 12.4. The van der Waals surface area contributed by atoms with Gasteiger partial charge in [0.15, 0.2) is 0 Å². The van der Waals surface area contributed by atoms with Gasteiger partial charge in [0.2, 0.25) is 10.0 Å². The van der Waals surface area contributed by atoms with E-state index in [9.17, 15) is 18.0 Å². The average Bonchev–Trinajstić information content (AvgIpc) is 2.91. The third-order valence-corrected chi connectivity index (χ3v) is 7.90. The number of amides is 1. The fourth-order valence-corrected chi connectivity index (χ4v) is 5.64. The topological polar surface area (TPSA) is 96.0 Å². The number of nitrogens with one attached hydrogen (secondary N) is 1. The largest absolute Gasteiger partial charge is 0.450 e. The van der Waals surface area contributed by atoms with E-state index < -0.39 is 21.6 Å². The molecule has 1 spiro atoms. The third-order valence-electron chi connectivity index (χ3n) is 6.60. The number of nitrogens with zero attached hydrogens (tertiary/aromatic N) is 2. The number of likely N-dealkylation sites (N-methyl/N-ethyl adjacent to an activating group) is 1. The molecular weight excluding hydrogens is 394 g/mol. The Morgan fingerprint density at radius 3 is 2.45 bits per heavy atom. The fraction of sp³-hybridized carbons (Fsp3) is 0.800. The zero-order valence-electron chi connectivity index (χ0n) is 17.7. The average molecular weight is 428 g/mol. The summed E-state index contributed by atoms with van der Waals surface area (Å²) in [6.07, 6.45) is 8.01. The van der Waals surface area contributed by atoms with Crippen LogP contribution in [0.2, 0.25) is 0 Å². The maximum absolute atomic E-state index is 13.0. The molecule has 0 bridgehead atoms. The number of rotatable bonds is 6. The van der Waals surface area contributed by atoms with Gasteiger partial charge < -0.3 is 15.0 Å². The van der Waals surface area contributed by atoms with Gasteiger partial charge in [-0.3, -0.25) is 4.79 Å². The van der Waals surface area contributed by atoms with Crippen LogP contribution in [-0.4, -0.2) is 80.6 Å². The molecule has 29 heavy (non-hydrogen) atoms. The van der Waals surface area contributed by atoms with Gasteiger partial charge in [0.25, 0.3) is 5.91 Å². The van der Waals surface area contributed by atoms with Crippen LogP contribution in [0.4, 0.5) is 0 Å². The number of carbonyl (C=O) groups is 2. The lowest BCUT2D eigenvalue weighted by Gasteiger charge is -2.38. The molecule has 0 unspecified atom stereocenters. The Kier molecular flexibility index (Phi) is 6.70. The highest BCUT2D eigenvalue weighted by molar-refractivity contribution is 7.88. The summed E-state index contributed by atoms with van der Waals surface area (Å²) in [6.45, 7) is 3.35. The molecule has 0 aromatic carbocycles. The van der Waals surface area contributed by atoms with Gasteiger partial charge in [-0.25, -0.2) is 17.5 Å². The highest BCUT2D eigenvalue weighted by Gasteiger charge is 2.51. The van der Waals surface area contributed by atoms with Crippen LogP contribution in [0.25, 0.3) is 0 Å². The Morgan fingerprint density at radius 1 is 1.24 bits per heavy atom. The molecule has 8 nitrogen and oxygen atoms in total. The first-order valence-electron chi connectivity index (χ1n) is 10.5. The van der Waals surface area contributed by atoms with Crippen LogP contribution in [0.3, 0.4) is 0 Å². The second kappa shape index (κ2) is 8.73. The molecule has 164 valence electrons. The molecule has 1 saturated carbocycles. The Morgan fingerprint density at radius 2 is 1.86 bits per heavy atom. The number of esters is 1. The standard InChI is InChI=1S/C20H33N3O5S/c1-15-17(18(24)21-11-14-22(2)16-7-5-4-6-8-16)20(28-19(15)25)9-12-23(13-10-20)29(3,26)27/h16H,4-14H2,1-3H3,(H,21,24). The summed E-state index contributed by atoms with van der Waals surface area (Å²) in [7, 11) is -1.21. The number of carbonyl (C=O) groups excluding carboxylic acids is 2. The van der Waals surface area contributed by atoms with Crippen molar-refractivity contribution in [1.82, 2.24) is 14.5 Å². The molecule has 3 rings (SSSR count). The van der Waals surface area contributed by atoms with Gasteiger partial charge in [-0.15, -0.1) is 0 Å².